The smallest absolute Gasteiger partial charge is 0.136 e. The predicted octanol–water partition coefficient (Wildman–Crippen LogP) is 14.9. The Morgan fingerprint density at radius 3 is 1.69 bits per heavy atom. The molecule has 54 heavy (non-hydrogen) atoms. The van der Waals surface area contributed by atoms with Crippen LogP contribution >= 0.6 is 0 Å². The van der Waals surface area contributed by atoms with Gasteiger partial charge in [-0.15, -0.1) is 0 Å². The van der Waals surface area contributed by atoms with Crippen molar-refractivity contribution in [2.75, 3.05) is 4.90 Å². The third-order valence-electron chi connectivity index (χ3n) is 10.5. The summed E-state index contributed by atoms with van der Waals surface area (Å²) in [7, 11) is 0. The molecule has 10 aromatic rings. The average molecular weight is 690 g/mol. The summed E-state index contributed by atoms with van der Waals surface area (Å²) in [5, 5.41) is 4.73. The fourth-order valence-electron chi connectivity index (χ4n) is 7.84. The fraction of sp³-hybridized carbons (Fsp3) is 0. The van der Waals surface area contributed by atoms with Crippen molar-refractivity contribution in [3.63, 3.8) is 0 Å². The van der Waals surface area contributed by atoms with Gasteiger partial charge in [0.2, 0.25) is 0 Å². The molecule has 0 aliphatic rings. The van der Waals surface area contributed by atoms with Crippen molar-refractivity contribution in [2.45, 2.75) is 0 Å². The lowest BCUT2D eigenvalue weighted by Gasteiger charge is -2.27. The number of benzene rings is 9. The molecule has 0 radical (unpaired) electrons. The van der Waals surface area contributed by atoms with Crippen LogP contribution in [0.2, 0.25) is 0 Å². The molecule has 2 heteroatoms. The second-order valence-corrected chi connectivity index (χ2v) is 13.7. The molecule has 0 aliphatic carbocycles. The van der Waals surface area contributed by atoms with Crippen LogP contribution in [0.5, 0.6) is 0 Å². The van der Waals surface area contributed by atoms with Crippen LogP contribution in [0.25, 0.3) is 77.2 Å². The summed E-state index contributed by atoms with van der Waals surface area (Å²) in [6, 6.07) is 75.9. The van der Waals surface area contributed by atoms with E-state index in [-0.39, 0.29) is 0 Å². The van der Waals surface area contributed by atoms with E-state index >= 15 is 0 Å². The van der Waals surface area contributed by atoms with Crippen LogP contribution in [0.1, 0.15) is 0 Å². The molecule has 254 valence electrons. The highest BCUT2D eigenvalue weighted by Gasteiger charge is 2.17. The summed E-state index contributed by atoms with van der Waals surface area (Å²) in [5.74, 6) is 0. The van der Waals surface area contributed by atoms with Crippen molar-refractivity contribution in [1.29, 1.82) is 0 Å². The number of rotatable bonds is 7. The molecular formula is C52H35NO. The van der Waals surface area contributed by atoms with Gasteiger partial charge in [0.05, 0.1) is 0 Å². The quantitative estimate of drug-likeness (QED) is 0.166. The first-order valence-electron chi connectivity index (χ1n) is 18.4. The number of hydrogen-bond acceptors (Lipinski definition) is 2. The Hall–Kier alpha value is -7.16. The first-order chi connectivity index (χ1) is 26.8. The molecule has 1 heterocycles. The van der Waals surface area contributed by atoms with Gasteiger partial charge in [-0.05, 0) is 116 Å². The molecule has 2 nitrogen and oxygen atoms in total. The molecule has 9 aromatic carbocycles. The van der Waals surface area contributed by atoms with Crippen molar-refractivity contribution in [1.82, 2.24) is 0 Å². The van der Waals surface area contributed by atoms with E-state index in [9.17, 15) is 0 Å². The molecule has 0 unspecified atom stereocenters. The van der Waals surface area contributed by atoms with Crippen molar-refractivity contribution in [3.8, 4) is 44.5 Å². The molecule has 0 amide bonds. The standard InChI is InChI=1S/C52H35NO/c1-4-13-36(14-5-1)37-23-27-44(28-24-37)53(43-19-8-3-9-20-43)45-29-31-46(49(35-45)38-15-6-2-7-16-38)41-18-12-17-39(33-41)40-25-30-47-42(34-40)26-32-51-52(47)48-21-10-11-22-50(48)54-51/h1-35H. The predicted molar refractivity (Wildman–Crippen MR) is 228 cm³/mol. The highest BCUT2D eigenvalue weighted by molar-refractivity contribution is 6.19. The van der Waals surface area contributed by atoms with E-state index in [1.54, 1.807) is 0 Å². The number of hydrogen-bond donors (Lipinski definition) is 0. The van der Waals surface area contributed by atoms with Gasteiger partial charge in [0, 0.05) is 27.8 Å². The summed E-state index contributed by atoms with van der Waals surface area (Å²) < 4.78 is 6.18. The highest BCUT2D eigenvalue weighted by Crippen LogP contribution is 2.42. The van der Waals surface area contributed by atoms with Gasteiger partial charge in [-0.25, -0.2) is 0 Å². The van der Waals surface area contributed by atoms with Gasteiger partial charge >= 0.3 is 0 Å². The summed E-state index contributed by atoms with van der Waals surface area (Å²) in [4.78, 5) is 2.34. The molecule has 0 spiro atoms. The summed E-state index contributed by atoms with van der Waals surface area (Å²) in [5.41, 5.74) is 14.6. The van der Waals surface area contributed by atoms with Crippen molar-refractivity contribution in [2.24, 2.45) is 0 Å². The third-order valence-corrected chi connectivity index (χ3v) is 10.5. The Bertz CT molecular complexity index is 2910. The van der Waals surface area contributed by atoms with Crippen LogP contribution in [-0.4, -0.2) is 0 Å². The van der Waals surface area contributed by atoms with Crippen LogP contribution in [-0.2, 0) is 0 Å². The van der Waals surface area contributed by atoms with Gasteiger partial charge in [-0.2, -0.15) is 0 Å². The molecule has 1 aromatic heterocycles. The lowest BCUT2D eigenvalue weighted by Crippen LogP contribution is -2.10. The maximum absolute atomic E-state index is 6.18. The van der Waals surface area contributed by atoms with Crippen molar-refractivity contribution >= 4 is 49.8 Å². The maximum atomic E-state index is 6.18. The zero-order chi connectivity index (χ0) is 35.8. The number of nitrogens with zero attached hydrogens (tertiary/aromatic N) is 1. The molecule has 0 saturated heterocycles. The highest BCUT2D eigenvalue weighted by atomic mass is 16.3. The van der Waals surface area contributed by atoms with E-state index < -0.39 is 0 Å². The lowest BCUT2D eigenvalue weighted by atomic mass is 9.91. The van der Waals surface area contributed by atoms with E-state index in [0.29, 0.717) is 0 Å². The van der Waals surface area contributed by atoms with E-state index in [2.05, 4.69) is 205 Å². The van der Waals surface area contributed by atoms with Crippen LogP contribution in [0.4, 0.5) is 17.1 Å². The molecule has 0 fully saturated rings. The SMILES string of the molecule is c1ccc(-c2ccc(N(c3ccccc3)c3ccc(-c4cccc(-c5ccc6c(ccc7oc8ccccc8c76)c5)c4)c(-c4ccccc4)c3)cc2)cc1. The Morgan fingerprint density at radius 2 is 0.889 bits per heavy atom. The zero-order valence-electron chi connectivity index (χ0n) is 29.6. The summed E-state index contributed by atoms with van der Waals surface area (Å²) in [6.45, 7) is 0. The van der Waals surface area contributed by atoms with Gasteiger partial charge in [0.15, 0.2) is 0 Å². The van der Waals surface area contributed by atoms with Gasteiger partial charge in [0.25, 0.3) is 0 Å². The van der Waals surface area contributed by atoms with Gasteiger partial charge in [0.1, 0.15) is 11.2 Å². The molecule has 0 atom stereocenters. The Balaban J connectivity index is 1.07. The third kappa shape index (κ3) is 5.71. The van der Waals surface area contributed by atoms with E-state index in [0.717, 1.165) is 33.6 Å². The summed E-state index contributed by atoms with van der Waals surface area (Å²) in [6.07, 6.45) is 0. The van der Waals surface area contributed by atoms with Crippen molar-refractivity contribution < 1.29 is 4.42 Å². The van der Waals surface area contributed by atoms with E-state index in [1.807, 2.05) is 12.1 Å². The molecule has 10 rings (SSSR count). The molecular weight excluding hydrogens is 655 g/mol. The monoisotopic (exact) mass is 689 g/mol. The minimum Gasteiger partial charge on any atom is -0.456 e. The van der Waals surface area contributed by atoms with Crippen LogP contribution in [0, 0.1) is 0 Å². The van der Waals surface area contributed by atoms with Crippen molar-refractivity contribution in [3.05, 3.63) is 212 Å². The number of fused-ring (bicyclic) bond motifs is 5. The normalized spacial score (nSPS) is 11.3. The van der Waals surface area contributed by atoms with E-state index in [4.69, 9.17) is 4.42 Å². The Labute approximate surface area is 314 Å². The van der Waals surface area contributed by atoms with Gasteiger partial charge in [-0.1, -0.05) is 152 Å². The topological polar surface area (TPSA) is 16.4 Å². The summed E-state index contributed by atoms with van der Waals surface area (Å²) >= 11 is 0. The minimum atomic E-state index is 0.921. The fourth-order valence-corrected chi connectivity index (χ4v) is 7.84. The number of para-hydroxylation sites is 2. The zero-order valence-corrected chi connectivity index (χ0v) is 29.6. The van der Waals surface area contributed by atoms with Crippen LogP contribution in [0.3, 0.4) is 0 Å². The van der Waals surface area contributed by atoms with Gasteiger partial charge < -0.3 is 9.32 Å². The lowest BCUT2D eigenvalue weighted by molar-refractivity contribution is 0.669. The van der Waals surface area contributed by atoms with Crippen LogP contribution < -0.4 is 4.90 Å². The Kier molecular flexibility index (Phi) is 7.85. The first kappa shape index (κ1) is 31.6. The minimum absolute atomic E-state index is 0.921. The largest absolute Gasteiger partial charge is 0.456 e. The molecule has 0 aliphatic heterocycles. The first-order valence-corrected chi connectivity index (χ1v) is 18.4. The second kappa shape index (κ2) is 13.4. The van der Waals surface area contributed by atoms with E-state index in [1.165, 1.54) is 60.7 Å². The number of anilines is 3. The maximum Gasteiger partial charge on any atom is 0.136 e. The van der Waals surface area contributed by atoms with Gasteiger partial charge in [-0.3, -0.25) is 0 Å². The molecule has 0 bridgehead atoms. The molecule has 0 saturated carbocycles. The molecule has 0 N–H and O–H groups in total. The number of furan rings is 1. The second-order valence-electron chi connectivity index (χ2n) is 13.7. The van der Waals surface area contributed by atoms with Crippen LogP contribution in [0.15, 0.2) is 217 Å². The average Bonchev–Trinajstić information content (AvgIpc) is 3.64. The Morgan fingerprint density at radius 1 is 0.296 bits per heavy atom.